The lowest BCUT2D eigenvalue weighted by Gasteiger charge is -2.60. The third-order valence-electron chi connectivity index (χ3n) is 5.45. The van der Waals surface area contributed by atoms with Crippen molar-refractivity contribution in [3.8, 4) is 0 Å². The Balaban J connectivity index is 1.81. The highest BCUT2D eigenvalue weighted by atomic mass is 35.5. The van der Waals surface area contributed by atoms with E-state index in [0.29, 0.717) is 5.41 Å². The second-order valence-corrected chi connectivity index (χ2v) is 7.68. The molecule has 0 amide bonds. The van der Waals surface area contributed by atoms with Crippen LogP contribution in [-0.2, 0) is 5.41 Å². The van der Waals surface area contributed by atoms with Gasteiger partial charge in [-0.15, -0.1) is 0 Å². The molecule has 102 valence electrons. The van der Waals surface area contributed by atoms with Crippen LogP contribution in [0.25, 0.3) is 0 Å². The fraction of sp³-hybridized carbons (Fsp3) is 0.786. The number of rotatable bonds is 1. The molecule has 4 fully saturated rings. The minimum atomic E-state index is 0.111. The van der Waals surface area contributed by atoms with Gasteiger partial charge < -0.3 is 5.73 Å². The number of nitrogens with two attached hydrogens (primary N) is 1. The molecule has 4 saturated carbocycles. The van der Waals surface area contributed by atoms with Crippen molar-refractivity contribution in [1.82, 2.24) is 15.0 Å². The van der Waals surface area contributed by atoms with Crippen molar-refractivity contribution in [3.63, 3.8) is 0 Å². The van der Waals surface area contributed by atoms with E-state index in [-0.39, 0.29) is 16.6 Å². The molecule has 4 aliphatic rings. The largest absolute Gasteiger partial charge is 0.368 e. The average Bonchev–Trinajstić information content (AvgIpc) is 2.23. The van der Waals surface area contributed by atoms with Crippen LogP contribution in [-0.4, -0.2) is 15.0 Å². The van der Waals surface area contributed by atoms with Crippen molar-refractivity contribution in [2.24, 2.45) is 17.3 Å². The van der Waals surface area contributed by atoms with Crippen LogP contribution in [0.3, 0.4) is 0 Å². The maximum Gasteiger partial charge on any atom is 0.227 e. The topological polar surface area (TPSA) is 64.7 Å². The Morgan fingerprint density at radius 1 is 1.11 bits per heavy atom. The number of anilines is 1. The number of nitrogens with zero attached hydrogens (tertiary/aromatic N) is 3. The van der Waals surface area contributed by atoms with Gasteiger partial charge in [0, 0.05) is 5.41 Å². The van der Waals surface area contributed by atoms with Crippen LogP contribution >= 0.6 is 11.6 Å². The summed E-state index contributed by atoms with van der Waals surface area (Å²) in [7, 11) is 0. The molecule has 19 heavy (non-hydrogen) atoms. The molecule has 4 bridgehead atoms. The lowest BCUT2D eigenvalue weighted by molar-refractivity contribution is -0.0648. The SMILES string of the molecule is CC12CC3CC(C1)CC(c1nc(N)nc(Cl)n1)(C3)C2. The maximum atomic E-state index is 5.98. The van der Waals surface area contributed by atoms with Crippen LogP contribution in [0.15, 0.2) is 0 Å². The minimum absolute atomic E-state index is 0.111. The van der Waals surface area contributed by atoms with E-state index in [0.717, 1.165) is 17.7 Å². The molecule has 2 N–H and O–H groups in total. The average molecular weight is 279 g/mol. The quantitative estimate of drug-likeness (QED) is 0.858. The van der Waals surface area contributed by atoms with Crippen molar-refractivity contribution >= 4 is 17.5 Å². The molecule has 5 rings (SSSR count). The van der Waals surface area contributed by atoms with Crippen LogP contribution in [0, 0.1) is 17.3 Å². The van der Waals surface area contributed by atoms with Crippen molar-refractivity contribution in [1.29, 1.82) is 0 Å². The molecule has 4 aliphatic carbocycles. The molecular formula is C14H19ClN4. The van der Waals surface area contributed by atoms with E-state index in [1.807, 2.05) is 0 Å². The predicted octanol–water partition coefficient (Wildman–Crippen LogP) is 2.97. The van der Waals surface area contributed by atoms with E-state index >= 15 is 0 Å². The molecule has 4 nitrogen and oxygen atoms in total. The van der Waals surface area contributed by atoms with Crippen molar-refractivity contribution < 1.29 is 0 Å². The Bertz CT molecular complexity index is 510. The zero-order valence-electron chi connectivity index (χ0n) is 11.2. The summed E-state index contributed by atoms with van der Waals surface area (Å²) in [6.07, 6.45) is 7.75. The molecule has 0 saturated heterocycles. The highest BCUT2D eigenvalue weighted by Crippen LogP contribution is 2.65. The van der Waals surface area contributed by atoms with Crippen LogP contribution < -0.4 is 5.73 Å². The molecular weight excluding hydrogens is 260 g/mol. The van der Waals surface area contributed by atoms with Crippen molar-refractivity contribution in [2.75, 3.05) is 5.73 Å². The van der Waals surface area contributed by atoms with Crippen molar-refractivity contribution in [2.45, 2.75) is 50.9 Å². The van der Waals surface area contributed by atoms with E-state index in [1.165, 1.54) is 38.5 Å². The van der Waals surface area contributed by atoms with E-state index in [2.05, 4.69) is 21.9 Å². The number of aromatic nitrogens is 3. The van der Waals surface area contributed by atoms with E-state index < -0.39 is 0 Å². The predicted molar refractivity (Wildman–Crippen MR) is 73.7 cm³/mol. The highest BCUT2D eigenvalue weighted by Gasteiger charge is 2.57. The van der Waals surface area contributed by atoms with Gasteiger partial charge in [-0.2, -0.15) is 9.97 Å². The van der Waals surface area contributed by atoms with Crippen molar-refractivity contribution in [3.05, 3.63) is 11.1 Å². The molecule has 1 heterocycles. The molecule has 0 aliphatic heterocycles. The summed E-state index contributed by atoms with van der Waals surface area (Å²) in [6.45, 7) is 2.44. The molecule has 5 heteroatoms. The summed E-state index contributed by atoms with van der Waals surface area (Å²) in [5, 5.41) is 0.239. The zero-order chi connectivity index (χ0) is 13.3. The molecule has 0 spiro atoms. The zero-order valence-corrected chi connectivity index (χ0v) is 12.0. The highest BCUT2D eigenvalue weighted by molar-refractivity contribution is 6.28. The second-order valence-electron chi connectivity index (χ2n) is 7.34. The molecule has 0 radical (unpaired) electrons. The summed E-state index contributed by atoms with van der Waals surface area (Å²) >= 11 is 5.98. The number of hydrogen-bond donors (Lipinski definition) is 1. The molecule has 2 unspecified atom stereocenters. The van der Waals surface area contributed by atoms with Gasteiger partial charge in [-0.05, 0) is 67.4 Å². The second kappa shape index (κ2) is 3.60. The lowest BCUT2D eigenvalue weighted by atomic mass is 9.44. The van der Waals surface area contributed by atoms with E-state index in [1.54, 1.807) is 0 Å². The molecule has 1 aromatic rings. The first-order valence-corrected chi connectivity index (χ1v) is 7.52. The first-order chi connectivity index (χ1) is 8.96. The Morgan fingerprint density at radius 2 is 1.79 bits per heavy atom. The summed E-state index contributed by atoms with van der Waals surface area (Å²) < 4.78 is 0. The molecule has 1 aromatic heterocycles. The van der Waals surface area contributed by atoms with Gasteiger partial charge in [-0.25, -0.2) is 4.98 Å². The number of hydrogen-bond acceptors (Lipinski definition) is 4. The first-order valence-electron chi connectivity index (χ1n) is 7.14. The monoisotopic (exact) mass is 278 g/mol. The molecule has 2 atom stereocenters. The third kappa shape index (κ3) is 1.76. The minimum Gasteiger partial charge on any atom is -0.368 e. The van der Waals surface area contributed by atoms with Gasteiger partial charge in [-0.3, -0.25) is 0 Å². The fourth-order valence-corrected chi connectivity index (χ4v) is 5.75. The first kappa shape index (κ1) is 11.9. The Morgan fingerprint density at radius 3 is 2.37 bits per heavy atom. The van der Waals surface area contributed by atoms with Gasteiger partial charge in [0.15, 0.2) is 0 Å². The van der Waals surface area contributed by atoms with Gasteiger partial charge in [0.25, 0.3) is 0 Å². The van der Waals surface area contributed by atoms with Crippen LogP contribution in [0.5, 0.6) is 0 Å². The Labute approximate surface area is 118 Å². The van der Waals surface area contributed by atoms with Gasteiger partial charge >= 0.3 is 0 Å². The maximum absolute atomic E-state index is 5.98. The van der Waals surface area contributed by atoms with E-state index in [4.69, 9.17) is 17.3 Å². The van der Waals surface area contributed by atoms with Crippen LogP contribution in [0.1, 0.15) is 51.3 Å². The summed E-state index contributed by atoms with van der Waals surface area (Å²) in [4.78, 5) is 12.7. The summed E-state index contributed by atoms with van der Waals surface area (Å²) in [5.74, 6) is 2.78. The normalized spacial score (nSPS) is 43.7. The van der Waals surface area contributed by atoms with Gasteiger partial charge in [0.2, 0.25) is 11.2 Å². The summed E-state index contributed by atoms with van der Waals surface area (Å²) in [5.41, 5.74) is 6.35. The number of nitrogen functional groups attached to an aromatic ring is 1. The van der Waals surface area contributed by atoms with Crippen LogP contribution in [0.2, 0.25) is 5.28 Å². The summed E-state index contributed by atoms with van der Waals surface area (Å²) in [6, 6.07) is 0. The Hall–Kier alpha value is -0.900. The van der Waals surface area contributed by atoms with Gasteiger partial charge in [0.1, 0.15) is 5.82 Å². The lowest BCUT2D eigenvalue weighted by Crippen LogP contribution is -2.53. The standard InChI is InChI=1S/C14H19ClN4/c1-13-3-8-2-9(4-13)6-14(5-8,7-13)10-17-11(15)19-12(16)18-10/h8-9H,2-7H2,1H3,(H2,16,17,18,19). The van der Waals surface area contributed by atoms with Gasteiger partial charge in [-0.1, -0.05) is 6.92 Å². The molecule has 0 aromatic carbocycles. The number of halogens is 1. The smallest absolute Gasteiger partial charge is 0.227 e. The Kier molecular flexibility index (Phi) is 2.25. The third-order valence-corrected chi connectivity index (χ3v) is 5.62. The van der Waals surface area contributed by atoms with Crippen LogP contribution in [0.4, 0.5) is 5.95 Å². The van der Waals surface area contributed by atoms with E-state index in [9.17, 15) is 0 Å². The van der Waals surface area contributed by atoms with Gasteiger partial charge in [0.05, 0.1) is 0 Å². The fourth-order valence-electron chi connectivity index (χ4n) is 5.58.